The zero-order valence-electron chi connectivity index (χ0n) is 10.9. The molecule has 0 aromatic carbocycles. The Balaban J connectivity index is 2.38. The summed E-state index contributed by atoms with van der Waals surface area (Å²) >= 11 is 0. The van der Waals surface area contributed by atoms with Crippen LogP contribution in [0.2, 0.25) is 0 Å². The SMILES string of the molecule is CCN(CCOCCN)Cc1ncccc1C. The monoisotopic (exact) mass is 237 g/mol. The van der Waals surface area contributed by atoms with Crippen molar-refractivity contribution in [3.8, 4) is 0 Å². The van der Waals surface area contributed by atoms with Crippen molar-refractivity contribution in [3.63, 3.8) is 0 Å². The largest absolute Gasteiger partial charge is 0.379 e. The van der Waals surface area contributed by atoms with Gasteiger partial charge in [-0.1, -0.05) is 13.0 Å². The second kappa shape index (κ2) is 8.17. The van der Waals surface area contributed by atoms with E-state index in [0.29, 0.717) is 13.2 Å². The molecule has 0 unspecified atom stereocenters. The van der Waals surface area contributed by atoms with Crippen molar-refractivity contribution < 1.29 is 4.74 Å². The Labute approximate surface area is 104 Å². The van der Waals surface area contributed by atoms with Crippen molar-refractivity contribution in [2.75, 3.05) is 32.8 Å². The molecule has 0 aliphatic heterocycles. The van der Waals surface area contributed by atoms with Gasteiger partial charge in [0, 0.05) is 25.8 Å². The lowest BCUT2D eigenvalue weighted by atomic mass is 10.2. The van der Waals surface area contributed by atoms with E-state index in [1.807, 2.05) is 12.3 Å². The van der Waals surface area contributed by atoms with Crippen LogP contribution in [0, 0.1) is 6.92 Å². The highest BCUT2D eigenvalue weighted by Gasteiger charge is 2.06. The van der Waals surface area contributed by atoms with Gasteiger partial charge in [-0.2, -0.15) is 0 Å². The van der Waals surface area contributed by atoms with E-state index in [1.54, 1.807) is 0 Å². The molecular weight excluding hydrogens is 214 g/mol. The van der Waals surface area contributed by atoms with Gasteiger partial charge in [0.2, 0.25) is 0 Å². The standard InChI is InChI=1S/C13H23N3O/c1-3-16(8-10-17-9-6-14)11-13-12(2)5-4-7-15-13/h4-5,7H,3,6,8-11,14H2,1-2H3. The molecule has 0 atom stereocenters. The maximum Gasteiger partial charge on any atom is 0.0594 e. The Hall–Kier alpha value is -0.970. The molecule has 0 aliphatic rings. The number of aromatic nitrogens is 1. The molecule has 0 amide bonds. The number of rotatable bonds is 8. The number of nitrogens with two attached hydrogens (primary N) is 1. The summed E-state index contributed by atoms with van der Waals surface area (Å²) in [6.07, 6.45) is 1.85. The van der Waals surface area contributed by atoms with E-state index < -0.39 is 0 Å². The molecule has 1 aromatic rings. The van der Waals surface area contributed by atoms with E-state index in [-0.39, 0.29) is 0 Å². The van der Waals surface area contributed by atoms with E-state index >= 15 is 0 Å². The maximum atomic E-state index is 5.40. The maximum absolute atomic E-state index is 5.40. The lowest BCUT2D eigenvalue weighted by Crippen LogP contribution is -2.28. The summed E-state index contributed by atoms with van der Waals surface area (Å²) in [5, 5.41) is 0. The van der Waals surface area contributed by atoms with E-state index in [1.165, 1.54) is 5.56 Å². The molecule has 1 rings (SSSR count). The molecule has 0 fully saturated rings. The van der Waals surface area contributed by atoms with Crippen molar-refractivity contribution >= 4 is 0 Å². The van der Waals surface area contributed by atoms with E-state index in [9.17, 15) is 0 Å². The van der Waals surface area contributed by atoms with Crippen LogP contribution >= 0.6 is 0 Å². The van der Waals surface area contributed by atoms with Gasteiger partial charge in [0.05, 0.1) is 18.9 Å². The third kappa shape index (κ3) is 5.26. The first-order valence-electron chi connectivity index (χ1n) is 6.18. The van der Waals surface area contributed by atoms with Crippen LogP contribution in [0.3, 0.4) is 0 Å². The summed E-state index contributed by atoms with van der Waals surface area (Å²) in [4.78, 5) is 6.73. The first-order valence-corrected chi connectivity index (χ1v) is 6.18. The van der Waals surface area contributed by atoms with Crippen molar-refractivity contribution in [2.45, 2.75) is 20.4 Å². The Morgan fingerprint density at radius 2 is 2.24 bits per heavy atom. The first-order chi connectivity index (χ1) is 8.27. The molecule has 4 heteroatoms. The topological polar surface area (TPSA) is 51.4 Å². The number of hydrogen-bond donors (Lipinski definition) is 1. The van der Waals surface area contributed by atoms with Gasteiger partial charge < -0.3 is 10.5 Å². The molecule has 4 nitrogen and oxygen atoms in total. The van der Waals surface area contributed by atoms with Gasteiger partial charge in [-0.3, -0.25) is 9.88 Å². The van der Waals surface area contributed by atoms with E-state index in [4.69, 9.17) is 10.5 Å². The summed E-state index contributed by atoms with van der Waals surface area (Å²) in [6, 6.07) is 4.07. The van der Waals surface area contributed by atoms with Gasteiger partial charge in [-0.15, -0.1) is 0 Å². The second-order valence-electron chi connectivity index (χ2n) is 4.04. The fraction of sp³-hybridized carbons (Fsp3) is 0.615. The van der Waals surface area contributed by atoms with Gasteiger partial charge in [0.1, 0.15) is 0 Å². The minimum atomic E-state index is 0.589. The first kappa shape index (κ1) is 14.1. The molecule has 0 saturated carbocycles. The number of aryl methyl sites for hydroxylation is 1. The summed E-state index contributed by atoms with van der Waals surface area (Å²) in [5.74, 6) is 0. The third-order valence-corrected chi connectivity index (χ3v) is 2.75. The lowest BCUT2D eigenvalue weighted by Gasteiger charge is -2.20. The third-order valence-electron chi connectivity index (χ3n) is 2.75. The van der Waals surface area contributed by atoms with Crippen LogP contribution in [-0.4, -0.2) is 42.7 Å². The lowest BCUT2D eigenvalue weighted by molar-refractivity contribution is 0.108. The van der Waals surface area contributed by atoms with Crippen LogP contribution in [-0.2, 0) is 11.3 Å². The summed E-state index contributed by atoms with van der Waals surface area (Å²) in [6.45, 7) is 9.02. The Bertz CT molecular complexity index is 317. The van der Waals surface area contributed by atoms with Crippen molar-refractivity contribution in [1.29, 1.82) is 0 Å². The molecule has 0 aliphatic carbocycles. The zero-order chi connectivity index (χ0) is 12.5. The van der Waals surface area contributed by atoms with Gasteiger partial charge in [-0.05, 0) is 25.1 Å². The molecular formula is C13H23N3O. The van der Waals surface area contributed by atoms with Gasteiger partial charge in [0.25, 0.3) is 0 Å². The van der Waals surface area contributed by atoms with E-state index in [2.05, 4.69) is 29.8 Å². The van der Waals surface area contributed by atoms with Crippen LogP contribution in [0.25, 0.3) is 0 Å². The van der Waals surface area contributed by atoms with Crippen LogP contribution in [0.4, 0.5) is 0 Å². The summed E-state index contributed by atoms with van der Waals surface area (Å²) in [5.41, 5.74) is 7.76. The number of ether oxygens (including phenoxy) is 1. The molecule has 0 saturated heterocycles. The molecule has 0 radical (unpaired) electrons. The van der Waals surface area contributed by atoms with Gasteiger partial charge >= 0.3 is 0 Å². The van der Waals surface area contributed by atoms with Crippen molar-refractivity contribution in [3.05, 3.63) is 29.6 Å². The van der Waals surface area contributed by atoms with E-state index in [0.717, 1.165) is 31.9 Å². The van der Waals surface area contributed by atoms with Gasteiger partial charge in [0.15, 0.2) is 0 Å². The number of likely N-dealkylation sites (N-methyl/N-ethyl adjacent to an activating group) is 1. The number of pyridine rings is 1. The minimum absolute atomic E-state index is 0.589. The Kier molecular flexibility index (Phi) is 6.77. The highest BCUT2D eigenvalue weighted by Crippen LogP contribution is 2.06. The highest BCUT2D eigenvalue weighted by molar-refractivity contribution is 5.17. The van der Waals surface area contributed by atoms with Gasteiger partial charge in [-0.25, -0.2) is 0 Å². The molecule has 0 bridgehead atoms. The molecule has 2 N–H and O–H groups in total. The Morgan fingerprint density at radius 1 is 1.41 bits per heavy atom. The molecule has 0 spiro atoms. The number of hydrogen-bond acceptors (Lipinski definition) is 4. The van der Waals surface area contributed by atoms with Crippen LogP contribution in [0.15, 0.2) is 18.3 Å². The molecule has 96 valence electrons. The van der Waals surface area contributed by atoms with Crippen molar-refractivity contribution in [1.82, 2.24) is 9.88 Å². The smallest absolute Gasteiger partial charge is 0.0594 e. The normalized spacial score (nSPS) is 11.1. The van der Waals surface area contributed by atoms with Crippen LogP contribution in [0.5, 0.6) is 0 Å². The number of nitrogens with zero attached hydrogens (tertiary/aromatic N) is 2. The second-order valence-corrected chi connectivity index (χ2v) is 4.04. The predicted octanol–water partition coefficient (Wildman–Crippen LogP) is 1.19. The van der Waals surface area contributed by atoms with Crippen LogP contribution < -0.4 is 5.73 Å². The molecule has 1 aromatic heterocycles. The summed E-state index contributed by atoms with van der Waals surface area (Å²) in [7, 11) is 0. The predicted molar refractivity (Wildman–Crippen MR) is 69.8 cm³/mol. The highest BCUT2D eigenvalue weighted by atomic mass is 16.5. The van der Waals surface area contributed by atoms with Crippen LogP contribution in [0.1, 0.15) is 18.2 Å². The zero-order valence-corrected chi connectivity index (χ0v) is 10.9. The quantitative estimate of drug-likeness (QED) is 0.690. The summed E-state index contributed by atoms with van der Waals surface area (Å²) < 4.78 is 5.40. The molecule has 17 heavy (non-hydrogen) atoms. The average molecular weight is 237 g/mol. The fourth-order valence-electron chi connectivity index (χ4n) is 1.62. The fourth-order valence-corrected chi connectivity index (χ4v) is 1.62. The average Bonchev–Trinajstić information content (AvgIpc) is 2.35. The van der Waals surface area contributed by atoms with Crippen molar-refractivity contribution in [2.24, 2.45) is 5.73 Å². The molecule has 1 heterocycles. The minimum Gasteiger partial charge on any atom is -0.379 e. The Morgan fingerprint density at radius 3 is 2.88 bits per heavy atom.